The number of nitrogens with zero attached hydrogens (tertiary/aromatic N) is 1. The van der Waals surface area contributed by atoms with E-state index in [1.807, 2.05) is 0 Å². The van der Waals surface area contributed by atoms with Crippen molar-refractivity contribution in [3.8, 4) is 11.5 Å². The van der Waals surface area contributed by atoms with Gasteiger partial charge in [0.25, 0.3) is 11.5 Å². The van der Waals surface area contributed by atoms with Crippen LogP contribution in [0.2, 0.25) is 0 Å². The quantitative estimate of drug-likeness (QED) is 0.410. The Morgan fingerprint density at radius 3 is 2.78 bits per heavy atom. The van der Waals surface area contributed by atoms with Crippen LogP contribution in [0.3, 0.4) is 0 Å². The molecule has 1 saturated heterocycles. The Balaban J connectivity index is 1.44. The SMILES string of the molecule is COc1cc(CNC(=O)c2nc3ccc(F)c(OCCC4CCC(CO)OC4)c3c(=O)[nH]2)ccc1F. The van der Waals surface area contributed by atoms with Crippen molar-refractivity contribution < 1.29 is 32.9 Å². The second kappa shape index (κ2) is 11.4. The molecule has 11 heteroatoms. The van der Waals surface area contributed by atoms with Crippen LogP contribution in [-0.2, 0) is 11.3 Å². The summed E-state index contributed by atoms with van der Waals surface area (Å²) >= 11 is 0. The Morgan fingerprint density at radius 2 is 2.06 bits per heavy atom. The van der Waals surface area contributed by atoms with Gasteiger partial charge in [-0.2, -0.15) is 0 Å². The van der Waals surface area contributed by atoms with E-state index >= 15 is 0 Å². The molecule has 0 aliphatic carbocycles. The third-order valence-corrected chi connectivity index (χ3v) is 6.10. The number of aliphatic hydroxyl groups excluding tert-OH is 1. The second-order valence-corrected chi connectivity index (χ2v) is 8.56. The maximum Gasteiger partial charge on any atom is 0.287 e. The van der Waals surface area contributed by atoms with Crippen LogP contribution >= 0.6 is 0 Å². The van der Waals surface area contributed by atoms with E-state index in [-0.39, 0.29) is 60.0 Å². The van der Waals surface area contributed by atoms with Crippen molar-refractivity contribution in [1.29, 1.82) is 0 Å². The highest BCUT2D eigenvalue weighted by atomic mass is 19.1. The summed E-state index contributed by atoms with van der Waals surface area (Å²) in [6, 6.07) is 6.60. The summed E-state index contributed by atoms with van der Waals surface area (Å²) in [7, 11) is 1.34. The second-order valence-electron chi connectivity index (χ2n) is 8.56. The van der Waals surface area contributed by atoms with Gasteiger partial charge in [0.05, 0.1) is 38.6 Å². The van der Waals surface area contributed by atoms with Gasteiger partial charge in [-0.05, 0) is 55.0 Å². The Hall–Kier alpha value is -3.57. The summed E-state index contributed by atoms with van der Waals surface area (Å²) in [5, 5.41) is 11.7. The number of carbonyl (C=O) groups is 1. The van der Waals surface area contributed by atoms with E-state index in [0.29, 0.717) is 18.6 Å². The lowest BCUT2D eigenvalue weighted by atomic mass is 9.96. The molecule has 1 aromatic heterocycles. The van der Waals surface area contributed by atoms with Gasteiger partial charge in [0.15, 0.2) is 29.0 Å². The van der Waals surface area contributed by atoms with Crippen molar-refractivity contribution in [2.24, 2.45) is 5.92 Å². The monoisotopic (exact) mass is 503 g/mol. The standard InChI is InChI=1S/C25H27F2N3O6/c1-34-20-10-15(3-5-17(20)26)11-28-25(33)23-29-19-7-6-18(27)22(21(19)24(32)30-23)35-9-8-14-2-4-16(12-31)36-13-14/h3,5-7,10,14,16,31H,2,4,8-9,11-13H2,1H3,(H,28,33)(H,29,30,32). The van der Waals surface area contributed by atoms with Gasteiger partial charge >= 0.3 is 0 Å². The summed E-state index contributed by atoms with van der Waals surface area (Å²) in [4.78, 5) is 31.9. The number of hydrogen-bond donors (Lipinski definition) is 3. The number of aromatic nitrogens is 2. The molecule has 0 saturated carbocycles. The zero-order valence-electron chi connectivity index (χ0n) is 19.7. The zero-order chi connectivity index (χ0) is 25.7. The summed E-state index contributed by atoms with van der Waals surface area (Å²) in [5.41, 5.74) is -0.0248. The smallest absolute Gasteiger partial charge is 0.287 e. The average molecular weight is 504 g/mol. The van der Waals surface area contributed by atoms with Gasteiger partial charge in [0.2, 0.25) is 0 Å². The van der Waals surface area contributed by atoms with Gasteiger partial charge < -0.3 is 29.6 Å². The van der Waals surface area contributed by atoms with Gasteiger partial charge in [-0.25, -0.2) is 13.8 Å². The van der Waals surface area contributed by atoms with E-state index in [0.717, 1.165) is 18.9 Å². The molecule has 3 N–H and O–H groups in total. The number of aliphatic hydroxyl groups is 1. The summed E-state index contributed by atoms with van der Waals surface area (Å²) in [6.07, 6.45) is 2.05. The van der Waals surface area contributed by atoms with Crippen molar-refractivity contribution in [2.45, 2.75) is 31.9 Å². The molecule has 192 valence electrons. The normalized spacial score (nSPS) is 17.7. The maximum atomic E-state index is 14.5. The van der Waals surface area contributed by atoms with Crippen LogP contribution < -0.4 is 20.3 Å². The fourth-order valence-corrected chi connectivity index (χ4v) is 4.07. The molecule has 2 heterocycles. The first-order valence-corrected chi connectivity index (χ1v) is 11.6. The molecule has 0 spiro atoms. The lowest BCUT2D eigenvalue weighted by molar-refractivity contribution is -0.0460. The minimum Gasteiger partial charge on any atom is -0.494 e. The molecule has 2 atom stereocenters. The van der Waals surface area contributed by atoms with Crippen molar-refractivity contribution >= 4 is 16.8 Å². The van der Waals surface area contributed by atoms with E-state index in [4.69, 9.17) is 19.3 Å². The summed E-state index contributed by atoms with van der Waals surface area (Å²) in [6.45, 7) is 0.675. The fourth-order valence-electron chi connectivity index (χ4n) is 4.07. The molecule has 1 amide bonds. The van der Waals surface area contributed by atoms with Crippen LogP contribution in [0.1, 0.15) is 35.4 Å². The molecular weight excluding hydrogens is 476 g/mol. The largest absolute Gasteiger partial charge is 0.494 e. The molecule has 0 bridgehead atoms. The number of amides is 1. The highest BCUT2D eigenvalue weighted by Crippen LogP contribution is 2.27. The lowest BCUT2D eigenvalue weighted by Crippen LogP contribution is -2.29. The number of carbonyl (C=O) groups excluding carboxylic acids is 1. The predicted molar refractivity (Wildman–Crippen MR) is 126 cm³/mol. The number of fused-ring (bicyclic) bond motifs is 1. The number of rotatable bonds is 9. The molecular formula is C25H27F2N3O6. The first kappa shape index (κ1) is 25.5. The minimum atomic E-state index is -0.713. The van der Waals surface area contributed by atoms with Crippen molar-refractivity contribution in [3.05, 3.63) is 63.7 Å². The average Bonchev–Trinajstić information content (AvgIpc) is 2.89. The highest BCUT2D eigenvalue weighted by molar-refractivity contribution is 5.93. The van der Waals surface area contributed by atoms with Crippen molar-refractivity contribution in [1.82, 2.24) is 15.3 Å². The first-order valence-electron chi connectivity index (χ1n) is 11.6. The number of aromatic amines is 1. The third kappa shape index (κ3) is 5.80. The minimum absolute atomic E-state index is 0.0127. The predicted octanol–water partition coefficient (Wildman–Crippen LogP) is 2.70. The molecule has 1 fully saturated rings. The van der Waals surface area contributed by atoms with E-state index in [2.05, 4.69) is 15.3 Å². The molecule has 4 rings (SSSR count). The Morgan fingerprint density at radius 1 is 1.25 bits per heavy atom. The molecule has 1 aliphatic heterocycles. The maximum absolute atomic E-state index is 14.5. The Bertz CT molecular complexity index is 1290. The molecule has 2 aromatic carbocycles. The zero-order valence-corrected chi connectivity index (χ0v) is 19.7. The van der Waals surface area contributed by atoms with E-state index in [9.17, 15) is 18.4 Å². The number of ether oxygens (including phenoxy) is 3. The summed E-state index contributed by atoms with van der Waals surface area (Å²) < 4.78 is 44.2. The number of H-pyrrole nitrogens is 1. The van der Waals surface area contributed by atoms with Gasteiger partial charge in [-0.1, -0.05) is 6.07 Å². The van der Waals surface area contributed by atoms with E-state index in [1.54, 1.807) is 0 Å². The first-order chi connectivity index (χ1) is 17.4. The Labute approximate surface area is 205 Å². The van der Waals surface area contributed by atoms with Crippen LogP contribution in [0, 0.1) is 17.6 Å². The molecule has 1 aliphatic rings. The third-order valence-electron chi connectivity index (χ3n) is 6.10. The van der Waals surface area contributed by atoms with Crippen LogP contribution in [0.5, 0.6) is 11.5 Å². The number of hydrogen-bond acceptors (Lipinski definition) is 7. The van der Waals surface area contributed by atoms with E-state index < -0.39 is 23.1 Å². The number of benzene rings is 2. The van der Waals surface area contributed by atoms with Crippen LogP contribution in [-0.4, -0.2) is 54.0 Å². The van der Waals surface area contributed by atoms with Gasteiger partial charge in [-0.15, -0.1) is 0 Å². The lowest BCUT2D eigenvalue weighted by Gasteiger charge is -2.27. The van der Waals surface area contributed by atoms with Crippen LogP contribution in [0.4, 0.5) is 8.78 Å². The van der Waals surface area contributed by atoms with Gasteiger partial charge in [0, 0.05) is 6.54 Å². The van der Waals surface area contributed by atoms with Crippen molar-refractivity contribution in [2.75, 3.05) is 26.9 Å². The van der Waals surface area contributed by atoms with Gasteiger partial charge in [0.1, 0.15) is 5.39 Å². The highest BCUT2D eigenvalue weighted by Gasteiger charge is 2.22. The van der Waals surface area contributed by atoms with Gasteiger partial charge in [-0.3, -0.25) is 9.59 Å². The molecule has 36 heavy (non-hydrogen) atoms. The Kier molecular flexibility index (Phi) is 8.11. The number of methoxy groups -OCH3 is 1. The van der Waals surface area contributed by atoms with Crippen LogP contribution in [0.25, 0.3) is 10.9 Å². The number of nitrogens with one attached hydrogen (secondary N) is 2. The van der Waals surface area contributed by atoms with E-state index in [1.165, 1.54) is 31.4 Å². The topological polar surface area (TPSA) is 123 Å². The fraction of sp³-hybridized carbons (Fsp3) is 0.400. The van der Waals surface area contributed by atoms with Crippen LogP contribution in [0.15, 0.2) is 35.1 Å². The molecule has 9 nitrogen and oxygen atoms in total. The molecule has 0 radical (unpaired) electrons. The van der Waals surface area contributed by atoms with Crippen molar-refractivity contribution in [3.63, 3.8) is 0 Å². The molecule has 2 unspecified atom stereocenters. The molecule has 3 aromatic rings. The number of halogens is 2. The summed E-state index contributed by atoms with van der Waals surface area (Å²) in [5.74, 6) is -2.13.